The molecule has 0 saturated heterocycles. The van der Waals surface area contributed by atoms with Gasteiger partial charge in [0.1, 0.15) is 5.82 Å². The molecule has 0 aliphatic rings. The zero-order valence-corrected chi connectivity index (χ0v) is 14.9. The molecule has 0 spiro atoms. The van der Waals surface area contributed by atoms with Gasteiger partial charge >= 0.3 is 0 Å². The lowest BCUT2D eigenvalue weighted by molar-refractivity contribution is 0.585. The first-order valence-electron chi connectivity index (χ1n) is 7.40. The molecule has 1 N–H and O–H groups in total. The molecule has 0 unspecified atom stereocenters. The van der Waals surface area contributed by atoms with E-state index in [1.807, 2.05) is 6.92 Å². The summed E-state index contributed by atoms with van der Waals surface area (Å²) < 4.78 is 42.4. The van der Waals surface area contributed by atoms with Crippen LogP contribution < -0.4 is 4.72 Å². The maximum absolute atomic E-state index is 13.8. The second kappa shape index (κ2) is 6.85. The molecule has 25 heavy (non-hydrogen) atoms. The van der Waals surface area contributed by atoms with Crippen molar-refractivity contribution in [2.75, 3.05) is 4.72 Å². The number of nitrogens with zero attached hydrogens (tertiary/aromatic N) is 2. The average molecular weight is 380 g/mol. The summed E-state index contributed by atoms with van der Waals surface area (Å²) in [5, 5.41) is 4.34. The van der Waals surface area contributed by atoms with Crippen LogP contribution in [0.15, 0.2) is 59.8 Å². The second-order valence-corrected chi connectivity index (χ2v) is 7.63. The first-order valence-corrected chi connectivity index (χ1v) is 9.26. The van der Waals surface area contributed by atoms with Crippen molar-refractivity contribution in [1.29, 1.82) is 0 Å². The van der Waals surface area contributed by atoms with Crippen molar-refractivity contribution in [3.05, 3.63) is 76.8 Å². The van der Waals surface area contributed by atoms with Gasteiger partial charge in [-0.3, -0.25) is 9.40 Å². The Bertz CT molecular complexity index is 981. The Morgan fingerprint density at radius 1 is 1.20 bits per heavy atom. The number of halogens is 2. The Balaban J connectivity index is 1.79. The van der Waals surface area contributed by atoms with Crippen LogP contribution in [0.2, 0.25) is 5.02 Å². The maximum Gasteiger partial charge on any atom is 0.261 e. The molecule has 0 radical (unpaired) electrons. The molecule has 5 nitrogen and oxygen atoms in total. The number of sulfonamides is 1. The zero-order valence-electron chi connectivity index (χ0n) is 13.3. The standard InChI is InChI=1S/C17H15ClFN3O2S/c1-12-5-7-14(8-6-12)25(23,24)21-13-9-20-22(10-13)11-15-16(18)3-2-4-17(15)19/h2-10,21H,11H2,1H3. The van der Waals surface area contributed by atoms with Crippen molar-refractivity contribution in [1.82, 2.24) is 9.78 Å². The monoisotopic (exact) mass is 379 g/mol. The van der Waals surface area contributed by atoms with E-state index in [0.717, 1.165) is 5.56 Å². The van der Waals surface area contributed by atoms with Crippen LogP contribution in [0.1, 0.15) is 11.1 Å². The molecule has 0 saturated carbocycles. The van der Waals surface area contributed by atoms with Crippen LogP contribution in [0.25, 0.3) is 0 Å². The van der Waals surface area contributed by atoms with Gasteiger partial charge in [-0.2, -0.15) is 5.10 Å². The molecule has 3 aromatic rings. The van der Waals surface area contributed by atoms with Crippen molar-refractivity contribution < 1.29 is 12.8 Å². The molecule has 1 aromatic heterocycles. The molecule has 8 heteroatoms. The van der Waals surface area contributed by atoms with E-state index in [-0.39, 0.29) is 22.2 Å². The SMILES string of the molecule is Cc1ccc(S(=O)(=O)Nc2cnn(Cc3c(F)cccc3Cl)c2)cc1. The van der Waals surface area contributed by atoms with Crippen LogP contribution in [0.5, 0.6) is 0 Å². The summed E-state index contributed by atoms with van der Waals surface area (Å²) in [6, 6.07) is 10.9. The minimum absolute atomic E-state index is 0.0950. The quantitative estimate of drug-likeness (QED) is 0.732. The third-order valence-electron chi connectivity index (χ3n) is 3.60. The second-order valence-electron chi connectivity index (χ2n) is 5.55. The highest BCUT2D eigenvalue weighted by molar-refractivity contribution is 7.92. The van der Waals surface area contributed by atoms with Crippen molar-refractivity contribution >= 4 is 27.3 Å². The smallest absolute Gasteiger partial charge is 0.261 e. The molecule has 2 aromatic carbocycles. The summed E-state index contributed by atoms with van der Waals surface area (Å²) in [5.41, 5.74) is 1.54. The van der Waals surface area contributed by atoms with Crippen LogP contribution in [0, 0.1) is 12.7 Å². The van der Waals surface area contributed by atoms with Gasteiger partial charge in [-0.25, -0.2) is 12.8 Å². The van der Waals surface area contributed by atoms with E-state index in [1.54, 1.807) is 18.2 Å². The highest BCUT2D eigenvalue weighted by atomic mass is 35.5. The summed E-state index contributed by atoms with van der Waals surface area (Å²) in [5.74, 6) is -0.440. The molecule has 3 rings (SSSR count). The Morgan fingerprint density at radius 2 is 1.92 bits per heavy atom. The van der Waals surface area contributed by atoms with Gasteiger partial charge in [0, 0.05) is 16.8 Å². The summed E-state index contributed by atoms with van der Waals surface area (Å²) in [6.45, 7) is 1.97. The lowest BCUT2D eigenvalue weighted by Gasteiger charge is -2.07. The molecule has 0 amide bonds. The Morgan fingerprint density at radius 3 is 2.60 bits per heavy atom. The van der Waals surface area contributed by atoms with Crippen LogP contribution in [-0.2, 0) is 16.6 Å². The molecular formula is C17H15ClFN3O2S. The van der Waals surface area contributed by atoms with Gasteiger partial charge in [0.05, 0.1) is 23.3 Å². The number of hydrogen-bond donors (Lipinski definition) is 1. The first kappa shape index (κ1) is 17.4. The fraction of sp³-hybridized carbons (Fsp3) is 0.118. The highest BCUT2D eigenvalue weighted by Crippen LogP contribution is 2.21. The fourth-order valence-corrected chi connectivity index (χ4v) is 3.53. The van der Waals surface area contributed by atoms with Crippen LogP contribution >= 0.6 is 11.6 Å². The fourth-order valence-electron chi connectivity index (χ4n) is 2.28. The third-order valence-corrected chi connectivity index (χ3v) is 5.35. The number of aryl methyl sites for hydroxylation is 1. The normalized spacial score (nSPS) is 11.5. The number of benzene rings is 2. The molecule has 0 bridgehead atoms. The number of anilines is 1. The van der Waals surface area contributed by atoms with Crippen molar-refractivity contribution in [2.24, 2.45) is 0 Å². The number of nitrogens with one attached hydrogen (secondary N) is 1. The molecule has 0 aliphatic heterocycles. The summed E-state index contributed by atoms with van der Waals surface area (Å²) in [6.07, 6.45) is 2.84. The van der Waals surface area contributed by atoms with Gasteiger partial charge in [0.25, 0.3) is 10.0 Å². The molecule has 130 valence electrons. The average Bonchev–Trinajstić information content (AvgIpc) is 2.98. The molecule has 1 heterocycles. The number of aromatic nitrogens is 2. The number of rotatable bonds is 5. The van der Waals surface area contributed by atoms with Crippen molar-refractivity contribution in [3.8, 4) is 0 Å². The van der Waals surface area contributed by atoms with Gasteiger partial charge in [-0.1, -0.05) is 35.4 Å². The van der Waals surface area contributed by atoms with Gasteiger partial charge in [0.2, 0.25) is 0 Å². The van der Waals surface area contributed by atoms with Crippen LogP contribution in [0.4, 0.5) is 10.1 Å². The Hall–Kier alpha value is -2.38. The number of hydrogen-bond acceptors (Lipinski definition) is 3. The van der Waals surface area contributed by atoms with E-state index in [0.29, 0.717) is 5.56 Å². The minimum atomic E-state index is -3.71. The Kier molecular flexibility index (Phi) is 4.78. The predicted molar refractivity (Wildman–Crippen MR) is 94.7 cm³/mol. The largest absolute Gasteiger partial charge is 0.276 e. The van der Waals surface area contributed by atoms with Crippen molar-refractivity contribution in [3.63, 3.8) is 0 Å². The summed E-state index contributed by atoms with van der Waals surface area (Å²) >= 11 is 5.99. The van der Waals surface area contributed by atoms with E-state index in [1.165, 1.54) is 41.3 Å². The van der Waals surface area contributed by atoms with E-state index in [4.69, 9.17) is 11.6 Å². The van der Waals surface area contributed by atoms with E-state index >= 15 is 0 Å². The predicted octanol–water partition coefficient (Wildman–Crippen LogP) is 3.83. The molecule has 0 atom stereocenters. The van der Waals surface area contributed by atoms with E-state index in [9.17, 15) is 12.8 Å². The van der Waals surface area contributed by atoms with Gasteiger partial charge in [0.15, 0.2) is 0 Å². The summed E-state index contributed by atoms with van der Waals surface area (Å²) in [7, 11) is -3.71. The van der Waals surface area contributed by atoms with Crippen molar-refractivity contribution in [2.45, 2.75) is 18.4 Å². The Labute approximate surface area is 150 Å². The minimum Gasteiger partial charge on any atom is -0.276 e. The first-order chi connectivity index (χ1) is 11.8. The lowest BCUT2D eigenvalue weighted by Crippen LogP contribution is -2.12. The topological polar surface area (TPSA) is 64.0 Å². The lowest BCUT2D eigenvalue weighted by atomic mass is 10.2. The zero-order chi connectivity index (χ0) is 18.0. The van der Waals surface area contributed by atoms with E-state index < -0.39 is 15.8 Å². The molecule has 0 fully saturated rings. The van der Waals surface area contributed by atoms with Gasteiger partial charge < -0.3 is 0 Å². The van der Waals surface area contributed by atoms with Crippen LogP contribution in [-0.4, -0.2) is 18.2 Å². The van der Waals surface area contributed by atoms with E-state index in [2.05, 4.69) is 9.82 Å². The maximum atomic E-state index is 13.8. The van der Waals surface area contributed by atoms with Gasteiger partial charge in [-0.15, -0.1) is 0 Å². The summed E-state index contributed by atoms with van der Waals surface area (Å²) in [4.78, 5) is 0.156. The van der Waals surface area contributed by atoms with Gasteiger partial charge in [-0.05, 0) is 31.2 Å². The molecular weight excluding hydrogens is 365 g/mol. The molecule has 0 aliphatic carbocycles. The highest BCUT2D eigenvalue weighted by Gasteiger charge is 2.15. The van der Waals surface area contributed by atoms with Crippen LogP contribution in [0.3, 0.4) is 0 Å². The third kappa shape index (κ3) is 4.00.